The van der Waals surface area contributed by atoms with Gasteiger partial charge in [-0.05, 0) is 53.8 Å². The molecule has 1 aliphatic heterocycles. The van der Waals surface area contributed by atoms with Gasteiger partial charge in [0.2, 0.25) is 0 Å². The predicted molar refractivity (Wildman–Crippen MR) is 90.6 cm³/mol. The van der Waals surface area contributed by atoms with E-state index in [1.54, 1.807) is 19.2 Å². The minimum absolute atomic E-state index is 0.0904. The average Bonchev–Trinajstić information content (AvgIpc) is 2.61. The predicted octanol–water partition coefficient (Wildman–Crippen LogP) is 3.83. The van der Waals surface area contributed by atoms with Gasteiger partial charge in [-0.1, -0.05) is 24.3 Å². The summed E-state index contributed by atoms with van der Waals surface area (Å²) in [6.45, 7) is 0. The van der Waals surface area contributed by atoms with E-state index in [9.17, 15) is 10.2 Å². The summed E-state index contributed by atoms with van der Waals surface area (Å²) < 4.78 is 11.6. The summed E-state index contributed by atoms with van der Waals surface area (Å²) in [5.74, 6) is 1.13. The van der Waals surface area contributed by atoms with Gasteiger partial charge in [0.05, 0.1) is 13.2 Å². The zero-order chi connectivity index (χ0) is 16.7. The molecule has 0 unspecified atom stereocenters. The van der Waals surface area contributed by atoms with E-state index in [4.69, 9.17) is 9.47 Å². The Kier molecular flexibility index (Phi) is 3.69. The number of rotatable bonds is 2. The maximum absolute atomic E-state index is 9.98. The highest BCUT2D eigenvalue weighted by Gasteiger charge is 2.34. The summed E-state index contributed by atoms with van der Waals surface area (Å²) in [7, 11) is 1.57. The third-order valence-electron chi connectivity index (χ3n) is 4.93. The number of methoxy groups -OCH3 is 1. The first-order chi connectivity index (χ1) is 11.7. The Morgan fingerprint density at radius 3 is 2.62 bits per heavy atom. The molecule has 124 valence electrons. The van der Waals surface area contributed by atoms with Crippen molar-refractivity contribution in [1.29, 1.82) is 0 Å². The van der Waals surface area contributed by atoms with E-state index < -0.39 is 0 Å². The number of aromatic hydroxyl groups is 2. The Bertz CT molecular complexity index is 779. The Labute approximate surface area is 141 Å². The van der Waals surface area contributed by atoms with Gasteiger partial charge in [-0.3, -0.25) is 0 Å². The molecular weight excluding hydrogens is 304 g/mol. The van der Waals surface area contributed by atoms with Gasteiger partial charge in [0, 0.05) is 5.92 Å². The molecule has 2 aromatic rings. The molecule has 0 radical (unpaired) electrons. The Balaban J connectivity index is 1.66. The first-order valence-electron chi connectivity index (χ1n) is 8.18. The molecule has 2 aromatic carbocycles. The van der Waals surface area contributed by atoms with Gasteiger partial charge in [0.25, 0.3) is 0 Å². The Hall–Kier alpha value is -2.46. The summed E-state index contributed by atoms with van der Waals surface area (Å²) in [4.78, 5) is 0. The van der Waals surface area contributed by atoms with Crippen molar-refractivity contribution in [3.8, 4) is 17.2 Å². The van der Waals surface area contributed by atoms with Crippen LogP contribution in [-0.2, 0) is 11.2 Å². The van der Waals surface area contributed by atoms with Crippen molar-refractivity contribution in [2.24, 2.45) is 0 Å². The van der Waals surface area contributed by atoms with Crippen LogP contribution in [0.25, 0.3) is 0 Å². The highest BCUT2D eigenvalue weighted by Crippen LogP contribution is 2.44. The number of fused-ring (bicyclic) bond motifs is 3. The van der Waals surface area contributed by atoms with Crippen LogP contribution >= 0.6 is 0 Å². The van der Waals surface area contributed by atoms with Gasteiger partial charge >= 0.3 is 0 Å². The molecule has 2 N–H and O–H groups in total. The lowest BCUT2D eigenvalue weighted by molar-refractivity contribution is -0.0139. The zero-order valence-electron chi connectivity index (χ0n) is 13.5. The molecule has 0 aromatic heterocycles. The second-order valence-electron chi connectivity index (χ2n) is 6.36. The molecule has 4 heteroatoms. The molecule has 4 rings (SSSR count). The smallest absolute Gasteiger partial charge is 0.160 e. The van der Waals surface area contributed by atoms with Crippen molar-refractivity contribution in [3.63, 3.8) is 0 Å². The molecule has 0 spiro atoms. The van der Waals surface area contributed by atoms with Crippen LogP contribution in [0.4, 0.5) is 0 Å². The van der Waals surface area contributed by atoms with E-state index in [1.807, 2.05) is 24.3 Å². The molecular formula is C20H20O4. The number of hydrogen-bond acceptors (Lipinski definition) is 4. The van der Waals surface area contributed by atoms with Crippen molar-refractivity contribution in [1.82, 2.24) is 0 Å². The molecule has 0 fully saturated rings. The fraction of sp³-hybridized carbons (Fsp3) is 0.300. The third kappa shape index (κ3) is 2.53. The number of phenols is 2. The average molecular weight is 324 g/mol. The molecule has 3 atom stereocenters. The maximum atomic E-state index is 9.98. The van der Waals surface area contributed by atoms with Crippen LogP contribution in [0.1, 0.15) is 35.1 Å². The van der Waals surface area contributed by atoms with Crippen molar-refractivity contribution in [3.05, 3.63) is 65.2 Å². The number of ether oxygens (including phenoxy) is 2. The molecule has 0 saturated carbocycles. The first-order valence-corrected chi connectivity index (χ1v) is 8.18. The van der Waals surface area contributed by atoms with Crippen molar-refractivity contribution < 1.29 is 19.7 Å². The lowest BCUT2D eigenvalue weighted by atomic mass is 9.78. The van der Waals surface area contributed by atoms with E-state index >= 15 is 0 Å². The van der Waals surface area contributed by atoms with Gasteiger partial charge < -0.3 is 19.7 Å². The van der Waals surface area contributed by atoms with Gasteiger partial charge in [-0.15, -0.1) is 0 Å². The summed E-state index contributed by atoms with van der Waals surface area (Å²) in [6.07, 6.45) is 6.08. The second kappa shape index (κ2) is 5.87. The zero-order valence-corrected chi connectivity index (χ0v) is 13.5. The van der Waals surface area contributed by atoms with Gasteiger partial charge in [-0.2, -0.15) is 0 Å². The largest absolute Gasteiger partial charge is 0.508 e. The van der Waals surface area contributed by atoms with E-state index in [0.29, 0.717) is 5.75 Å². The maximum Gasteiger partial charge on any atom is 0.160 e. The standard InChI is InChI=1S/C20H20O4/c1-23-20-11-16-13(10-17(20)22)4-8-19-15(16)7-9-18(24-19)12-2-5-14(21)6-3-12/h2-3,5-7,9-11,15,18-19,21-22H,4,8H2,1H3/t15-,18+,19-/m1/s1. The highest BCUT2D eigenvalue weighted by molar-refractivity contribution is 5.50. The molecule has 0 amide bonds. The summed E-state index contributed by atoms with van der Waals surface area (Å²) in [6, 6.07) is 10.9. The van der Waals surface area contributed by atoms with Crippen LogP contribution < -0.4 is 4.74 Å². The number of aryl methyl sites for hydroxylation is 1. The number of hydrogen-bond donors (Lipinski definition) is 2. The quantitative estimate of drug-likeness (QED) is 0.824. The molecule has 2 aliphatic rings. The molecule has 0 bridgehead atoms. The topological polar surface area (TPSA) is 58.9 Å². The molecule has 0 saturated heterocycles. The second-order valence-corrected chi connectivity index (χ2v) is 6.36. The normalized spacial score (nSPS) is 25.0. The van der Waals surface area contributed by atoms with Crippen LogP contribution in [-0.4, -0.2) is 23.4 Å². The summed E-state index contributed by atoms with van der Waals surface area (Å²) >= 11 is 0. The monoisotopic (exact) mass is 324 g/mol. The van der Waals surface area contributed by atoms with Crippen LogP contribution in [0.15, 0.2) is 48.6 Å². The van der Waals surface area contributed by atoms with Crippen LogP contribution in [0.3, 0.4) is 0 Å². The first kappa shape index (κ1) is 15.1. The van der Waals surface area contributed by atoms with E-state index in [2.05, 4.69) is 12.2 Å². The summed E-state index contributed by atoms with van der Waals surface area (Å²) in [5, 5.41) is 19.4. The van der Waals surface area contributed by atoms with E-state index in [-0.39, 0.29) is 29.6 Å². The minimum atomic E-state index is -0.0904. The molecule has 4 nitrogen and oxygen atoms in total. The van der Waals surface area contributed by atoms with E-state index in [1.165, 1.54) is 5.56 Å². The minimum Gasteiger partial charge on any atom is -0.508 e. The third-order valence-corrected chi connectivity index (χ3v) is 4.93. The Morgan fingerprint density at radius 1 is 1.08 bits per heavy atom. The van der Waals surface area contributed by atoms with Gasteiger partial charge in [0.15, 0.2) is 11.5 Å². The van der Waals surface area contributed by atoms with Crippen molar-refractivity contribution >= 4 is 0 Å². The van der Waals surface area contributed by atoms with E-state index in [0.717, 1.165) is 24.0 Å². The molecule has 24 heavy (non-hydrogen) atoms. The summed E-state index contributed by atoms with van der Waals surface area (Å²) in [5.41, 5.74) is 3.36. The number of benzene rings is 2. The fourth-order valence-electron chi connectivity index (χ4n) is 3.68. The lowest BCUT2D eigenvalue weighted by Crippen LogP contribution is -2.31. The van der Waals surface area contributed by atoms with Crippen LogP contribution in [0.5, 0.6) is 17.2 Å². The fourth-order valence-corrected chi connectivity index (χ4v) is 3.68. The molecule has 1 heterocycles. The van der Waals surface area contributed by atoms with Gasteiger partial charge in [0.1, 0.15) is 11.9 Å². The van der Waals surface area contributed by atoms with Crippen LogP contribution in [0, 0.1) is 0 Å². The van der Waals surface area contributed by atoms with Gasteiger partial charge in [-0.25, -0.2) is 0 Å². The number of phenolic OH excluding ortho intramolecular Hbond substituents is 2. The Morgan fingerprint density at radius 2 is 1.88 bits per heavy atom. The lowest BCUT2D eigenvalue weighted by Gasteiger charge is -2.37. The van der Waals surface area contributed by atoms with Crippen molar-refractivity contribution in [2.75, 3.05) is 7.11 Å². The van der Waals surface area contributed by atoms with Crippen LogP contribution in [0.2, 0.25) is 0 Å². The molecule has 1 aliphatic carbocycles. The SMILES string of the molecule is COc1cc2c(cc1O)CC[C@H]1O[C@H](c3ccc(O)cc3)C=C[C@H]21. The highest BCUT2D eigenvalue weighted by atomic mass is 16.5. The van der Waals surface area contributed by atoms with Crippen molar-refractivity contribution in [2.45, 2.75) is 31.0 Å².